The smallest absolute Gasteiger partial charge is 0.258 e. The number of amides is 2. The van der Waals surface area contributed by atoms with E-state index in [4.69, 9.17) is 0 Å². The van der Waals surface area contributed by atoms with Crippen molar-refractivity contribution in [1.82, 2.24) is 28.9 Å². The van der Waals surface area contributed by atoms with Gasteiger partial charge in [0.15, 0.2) is 0 Å². The minimum atomic E-state index is -0.275. The summed E-state index contributed by atoms with van der Waals surface area (Å²) in [6.07, 6.45) is 0. The number of rotatable bonds is 4. The van der Waals surface area contributed by atoms with Crippen molar-refractivity contribution < 1.29 is 9.59 Å². The van der Waals surface area contributed by atoms with E-state index in [-0.39, 0.29) is 11.8 Å². The van der Waals surface area contributed by atoms with Gasteiger partial charge in [-0.05, 0) is 62.4 Å². The number of carbonyl (C=O) groups excluding carboxylic acids is 2. The van der Waals surface area contributed by atoms with Crippen LogP contribution < -0.4 is 10.6 Å². The first-order valence-corrected chi connectivity index (χ1v) is 11.9. The van der Waals surface area contributed by atoms with Gasteiger partial charge in [-0.2, -0.15) is 0 Å². The molecular weight excluding hydrogens is 452 g/mol. The summed E-state index contributed by atoms with van der Waals surface area (Å²) in [7, 11) is 7.96. The number of aryl methyl sites for hydroxylation is 2. The van der Waals surface area contributed by atoms with E-state index in [2.05, 4.69) is 57.9 Å². The molecule has 2 amide bonds. The number of nitrogens with one attached hydrogen (secondary N) is 2. The number of fused-ring (bicyclic) bond motifs is 1. The normalized spacial score (nSPS) is 15.3. The van der Waals surface area contributed by atoms with Crippen molar-refractivity contribution in [1.29, 1.82) is 0 Å². The SMILES string of the molecule is Cc1ccc(-c2ccc(C3=C4C(=O)NC(c5ccc(-c6ccc(C)n6C)n5C)=C4C(=O)N3)n2C)n1C. The molecule has 8 nitrogen and oxygen atoms in total. The predicted octanol–water partition coefficient (Wildman–Crippen LogP) is 3.37. The minimum Gasteiger partial charge on any atom is -0.347 e. The average molecular weight is 481 g/mol. The second-order valence-corrected chi connectivity index (χ2v) is 9.57. The standard InChI is InChI=1S/C28H28N6O2/c1-15-7-9-17(31(15)3)19-11-13-21(33(19)5)25-23-24(28(36)29-25)26(30-27(23)35)22-14-12-20(34(22)6)18-10-8-16(2)32(18)4/h7-14H,1-6H3,(H,29,36)(H,30,35). The molecule has 6 heterocycles. The molecule has 182 valence electrons. The number of aromatic nitrogens is 4. The first kappa shape index (κ1) is 22.0. The van der Waals surface area contributed by atoms with Gasteiger partial charge in [-0.25, -0.2) is 0 Å². The summed E-state index contributed by atoms with van der Waals surface area (Å²) in [6.45, 7) is 4.12. The zero-order valence-electron chi connectivity index (χ0n) is 21.2. The fourth-order valence-corrected chi connectivity index (χ4v) is 5.35. The van der Waals surface area contributed by atoms with Gasteiger partial charge in [0.05, 0.1) is 56.7 Å². The largest absolute Gasteiger partial charge is 0.347 e. The van der Waals surface area contributed by atoms with E-state index in [0.29, 0.717) is 22.5 Å². The van der Waals surface area contributed by atoms with Crippen LogP contribution in [0.25, 0.3) is 34.2 Å². The molecule has 2 aliphatic heterocycles. The second kappa shape index (κ2) is 7.52. The molecule has 0 atom stereocenters. The van der Waals surface area contributed by atoms with Crippen LogP contribution in [0.1, 0.15) is 22.8 Å². The number of nitrogens with zero attached hydrogens (tertiary/aromatic N) is 4. The van der Waals surface area contributed by atoms with Crippen LogP contribution in [0.2, 0.25) is 0 Å². The molecule has 0 saturated heterocycles. The molecule has 36 heavy (non-hydrogen) atoms. The zero-order chi connectivity index (χ0) is 25.5. The first-order chi connectivity index (χ1) is 17.2. The van der Waals surface area contributed by atoms with Crippen LogP contribution in [-0.2, 0) is 37.8 Å². The highest BCUT2D eigenvalue weighted by Gasteiger charge is 2.42. The number of hydrogen-bond acceptors (Lipinski definition) is 2. The molecule has 2 aliphatic rings. The van der Waals surface area contributed by atoms with E-state index >= 15 is 0 Å². The molecule has 8 heteroatoms. The van der Waals surface area contributed by atoms with Crippen LogP contribution >= 0.6 is 0 Å². The summed E-state index contributed by atoms with van der Waals surface area (Å²) in [4.78, 5) is 26.5. The maximum Gasteiger partial charge on any atom is 0.258 e. The maximum absolute atomic E-state index is 13.2. The molecule has 0 saturated carbocycles. The van der Waals surface area contributed by atoms with Crippen molar-refractivity contribution >= 4 is 23.2 Å². The van der Waals surface area contributed by atoms with Gasteiger partial charge < -0.3 is 28.9 Å². The number of hydrogen-bond donors (Lipinski definition) is 2. The van der Waals surface area contributed by atoms with Gasteiger partial charge in [-0.15, -0.1) is 0 Å². The van der Waals surface area contributed by atoms with Crippen molar-refractivity contribution in [3.8, 4) is 22.8 Å². The second-order valence-electron chi connectivity index (χ2n) is 9.57. The van der Waals surface area contributed by atoms with Crippen molar-refractivity contribution in [2.45, 2.75) is 13.8 Å². The van der Waals surface area contributed by atoms with Crippen molar-refractivity contribution in [3.63, 3.8) is 0 Å². The monoisotopic (exact) mass is 480 g/mol. The van der Waals surface area contributed by atoms with Crippen molar-refractivity contribution in [3.05, 3.63) is 82.5 Å². The fourth-order valence-electron chi connectivity index (χ4n) is 5.35. The Hall–Kier alpha value is -4.46. The van der Waals surface area contributed by atoms with E-state index in [0.717, 1.165) is 45.6 Å². The zero-order valence-corrected chi connectivity index (χ0v) is 21.2. The summed E-state index contributed by atoms with van der Waals surface area (Å²) in [5, 5.41) is 5.96. The quantitative estimate of drug-likeness (QED) is 0.470. The van der Waals surface area contributed by atoms with Gasteiger partial charge in [0.2, 0.25) is 0 Å². The van der Waals surface area contributed by atoms with E-state index in [1.165, 1.54) is 0 Å². The fraction of sp³-hybridized carbons (Fsp3) is 0.214. The van der Waals surface area contributed by atoms with Crippen molar-refractivity contribution in [2.24, 2.45) is 28.2 Å². The molecule has 6 rings (SSSR count). The van der Waals surface area contributed by atoms with Crippen LogP contribution in [0, 0.1) is 13.8 Å². The molecule has 0 bridgehead atoms. The highest BCUT2D eigenvalue weighted by molar-refractivity contribution is 6.30. The highest BCUT2D eigenvalue weighted by Crippen LogP contribution is 2.39. The Morgan fingerprint density at radius 2 is 0.778 bits per heavy atom. The topological polar surface area (TPSA) is 77.9 Å². The third-order valence-electron chi connectivity index (χ3n) is 7.71. The first-order valence-electron chi connectivity index (χ1n) is 11.9. The Morgan fingerprint density at radius 3 is 1.11 bits per heavy atom. The molecule has 0 fully saturated rings. The minimum absolute atomic E-state index is 0.275. The van der Waals surface area contributed by atoms with Crippen LogP contribution in [0.15, 0.2) is 59.7 Å². The third-order valence-corrected chi connectivity index (χ3v) is 7.71. The lowest BCUT2D eigenvalue weighted by atomic mass is 10.1. The molecule has 4 aromatic heterocycles. The molecule has 0 radical (unpaired) electrons. The van der Waals surface area contributed by atoms with Gasteiger partial charge >= 0.3 is 0 Å². The lowest BCUT2D eigenvalue weighted by Crippen LogP contribution is -2.23. The molecule has 2 N–H and O–H groups in total. The van der Waals surface area contributed by atoms with Crippen LogP contribution in [0.4, 0.5) is 0 Å². The van der Waals surface area contributed by atoms with Crippen LogP contribution in [0.3, 0.4) is 0 Å². The van der Waals surface area contributed by atoms with E-state index in [1.54, 1.807) is 0 Å². The maximum atomic E-state index is 13.2. The van der Waals surface area contributed by atoms with Gasteiger partial charge in [0, 0.05) is 39.6 Å². The Balaban J connectivity index is 1.47. The van der Waals surface area contributed by atoms with E-state index in [1.807, 2.05) is 61.6 Å². The van der Waals surface area contributed by atoms with Crippen molar-refractivity contribution in [2.75, 3.05) is 0 Å². The molecule has 0 aliphatic carbocycles. The molecule has 0 aromatic carbocycles. The number of carbonyl (C=O) groups is 2. The van der Waals surface area contributed by atoms with Gasteiger partial charge in [-0.1, -0.05) is 0 Å². The summed E-state index contributed by atoms with van der Waals surface area (Å²) in [5.74, 6) is -0.549. The molecule has 4 aromatic rings. The Labute approximate surface area is 209 Å². The molecule has 0 spiro atoms. The summed E-state index contributed by atoms with van der Waals surface area (Å²) >= 11 is 0. The summed E-state index contributed by atoms with van der Waals surface area (Å²) in [5.41, 5.74) is 9.87. The lowest BCUT2D eigenvalue weighted by Gasteiger charge is -2.12. The van der Waals surface area contributed by atoms with Crippen LogP contribution in [0.5, 0.6) is 0 Å². The molecular formula is C28H28N6O2. The predicted molar refractivity (Wildman–Crippen MR) is 139 cm³/mol. The summed E-state index contributed by atoms with van der Waals surface area (Å²) < 4.78 is 8.28. The Kier molecular flexibility index (Phi) is 4.60. The third kappa shape index (κ3) is 2.87. The van der Waals surface area contributed by atoms with Crippen LogP contribution in [-0.4, -0.2) is 30.1 Å². The van der Waals surface area contributed by atoms with Gasteiger partial charge in [0.1, 0.15) is 0 Å². The Morgan fingerprint density at radius 1 is 0.472 bits per heavy atom. The van der Waals surface area contributed by atoms with E-state index in [9.17, 15) is 9.59 Å². The molecule has 0 unspecified atom stereocenters. The van der Waals surface area contributed by atoms with Gasteiger partial charge in [0.25, 0.3) is 11.8 Å². The lowest BCUT2D eigenvalue weighted by molar-refractivity contribution is -0.117. The average Bonchev–Trinajstić information content (AvgIpc) is 3.67. The highest BCUT2D eigenvalue weighted by atomic mass is 16.2. The Bertz CT molecular complexity index is 1560. The van der Waals surface area contributed by atoms with E-state index < -0.39 is 0 Å². The summed E-state index contributed by atoms with van der Waals surface area (Å²) in [6, 6.07) is 16.2. The van der Waals surface area contributed by atoms with Gasteiger partial charge in [-0.3, -0.25) is 9.59 Å².